The number of carbonyl (C=O) groups is 4. The third-order valence-corrected chi connectivity index (χ3v) is 11.6. The number of fused-ring (bicyclic) bond motifs is 4. The Hall–Kier alpha value is -3.66. The predicted molar refractivity (Wildman–Crippen MR) is 224 cm³/mol. The molecular weight excluding hydrogens is 789 g/mol. The Morgan fingerprint density at radius 1 is 0.967 bits per heavy atom. The Balaban J connectivity index is 1.78. The Bertz CT molecular complexity index is 1630. The van der Waals surface area contributed by atoms with E-state index in [1.807, 2.05) is 51.1 Å². The van der Waals surface area contributed by atoms with E-state index in [9.17, 15) is 29.4 Å². The molecule has 1 aromatic carbocycles. The molecule has 0 spiro atoms. The fourth-order valence-corrected chi connectivity index (χ4v) is 7.69. The molecule has 2 saturated heterocycles. The minimum atomic E-state index is -2.30. The highest BCUT2D eigenvalue weighted by atomic mass is 16.7. The second-order valence-electron chi connectivity index (χ2n) is 18.2. The molecule has 4 bridgehead atoms. The van der Waals surface area contributed by atoms with Gasteiger partial charge in [0.25, 0.3) is 0 Å². The fraction of sp³-hybridized carbons (Fsp3) is 0.702. The van der Waals surface area contributed by atoms with Gasteiger partial charge in [0, 0.05) is 30.8 Å². The highest BCUT2D eigenvalue weighted by Crippen LogP contribution is 2.47. The summed E-state index contributed by atoms with van der Waals surface area (Å²) in [4.78, 5) is 53.3. The molecule has 0 amide bonds. The van der Waals surface area contributed by atoms with Crippen LogP contribution in [0.3, 0.4) is 0 Å². The van der Waals surface area contributed by atoms with Crippen LogP contribution in [0.15, 0.2) is 54.1 Å². The van der Waals surface area contributed by atoms with Gasteiger partial charge in [0.2, 0.25) is 5.79 Å². The molecule has 4 rings (SSSR count). The molecule has 0 saturated carbocycles. The molecule has 0 radical (unpaired) electrons. The first-order valence-corrected chi connectivity index (χ1v) is 21.9. The summed E-state index contributed by atoms with van der Waals surface area (Å²) >= 11 is 0. The summed E-state index contributed by atoms with van der Waals surface area (Å²) in [5, 5.41) is 23.9. The van der Waals surface area contributed by atoms with Crippen molar-refractivity contribution in [1.82, 2.24) is 0 Å². The Morgan fingerprint density at radius 3 is 2.33 bits per heavy atom. The van der Waals surface area contributed by atoms with E-state index in [2.05, 4.69) is 6.92 Å². The second kappa shape index (κ2) is 23.1. The molecule has 61 heavy (non-hydrogen) atoms. The number of aliphatic hydroxyl groups excluding tert-OH is 1. The summed E-state index contributed by atoms with van der Waals surface area (Å²) in [6.07, 6.45) is 1.54. The lowest BCUT2D eigenvalue weighted by Gasteiger charge is -2.51. The lowest BCUT2D eigenvalue weighted by molar-refractivity contribution is -0.328. The van der Waals surface area contributed by atoms with Gasteiger partial charge in [0.15, 0.2) is 12.4 Å². The zero-order valence-corrected chi connectivity index (χ0v) is 37.4. The number of rotatable bonds is 12. The maximum absolute atomic E-state index is 13.6. The first kappa shape index (κ1) is 50.0. The minimum absolute atomic E-state index is 0.0228. The van der Waals surface area contributed by atoms with E-state index < -0.39 is 96.2 Å². The highest BCUT2D eigenvalue weighted by Gasteiger charge is 2.58. The molecule has 1 unspecified atom stereocenters. The molecule has 3 aliphatic heterocycles. The number of hydrogen-bond donors (Lipinski definition) is 2. The first-order chi connectivity index (χ1) is 28.8. The number of cyclic esters (lactones) is 2. The van der Waals surface area contributed by atoms with Crippen LogP contribution in [0, 0.1) is 10.8 Å². The van der Waals surface area contributed by atoms with Crippen LogP contribution in [0.4, 0.5) is 0 Å². The fourth-order valence-electron chi connectivity index (χ4n) is 7.69. The number of ether oxygens (including phenoxy) is 8. The first-order valence-electron chi connectivity index (χ1n) is 21.9. The number of hydrogen-bond acceptors (Lipinski definition) is 14. The van der Waals surface area contributed by atoms with Crippen LogP contribution in [0.25, 0.3) is 0 Å². The van der Waals surface area contributed by atoms with Crippen molar-refractivity contribution in [2.45, 2.75) is 187 Å². The summed E-state index contributed by atoms with van der Waals surface area (Å²) in [5.74, 6) is -5.06. The number of aliphatic hydroxyl groups is 2. The zero-order valence-electron chi connectivity index (χ0n) is 37.4. The predicted octanol–water partition coefficient (Wildman–Crippen LogP) is 6.96. The van der Waals surface area contributed by atoms with E-state index in [-0.39, 0.29) is 37.5 Å². The van der Waals surface area contributed by atoms with Gasteiger partial charge in [0.1, 0.15) is 12.2 Å². The van der Waals surface area contributed by atoms with E-state index in [0.717, 1.165) is 31.2 Å². The average Bonchev–Trinajstić information content (AvgIpc) is 3.19. The van der Waals surface area contributed by atoms with Crippen LogP contribution < -0.4 is 0 Å². The van der Waals surface area contributed by atoms with Crippen LogP contribution in [0.1, 0.15) is 131 Å². The van der Waals surface area contributed by atoms with E-state index in [1.54, 1.807) is 32.9 Å². The van der Waals surface area contributed by atoms with Crippen molar-refractivity contribution in [3.05, 3.63) is 59.7 Å². The lowest BCUT2D eigenvalue weighted by Crippen LogP contribution is -2.62. The molecule has 14 heteroatoms. The van der Waals surface area contributed by atoms with Crippen molar-refractivity contribution < 1.29 is 67.3 Å². The number of esters is 4. The van der Waals surface area contributed by atoms with E-state index >= 15 is 0 Å². The molecular formula is C47H70O14. The second-order valence-corrected chi connectivity index (χ2v) is 18.2. The number of unbranched alkanes of at least 4 members (excludes halogenated alkanes) is 4. The lowest BCUT2D eigenvalue weighted by atomic mass is 9.74. The Labute approximate surface area is 361 Å². The van der Waals surface area contributed by atoms with Gasteiger partial charge in [-0.25, -0.2) is 4.79 Å². The summed E-state index contributed by atoms with van der Waals surface area (Å²) in [6.45, 7) is 13.6. The molecule has 0 aromatic heterocycles. The summed E-state index contributed by atoms with van der Waals surface area (Å²) < 4.78 is 48.2. The van der Waals surface area contributed by atoms with Gasteiger partial charge in [-0.05, 0) is 48.8 Å². The number of methoxy groups -OCH3 is 1. The van der Waals surface area contributed by atoms with Crippen LogP contribution in [-0.4, -0.2) is 103 Å². The molecule has 3 heterocycles. The molecule has 14 nitrogen and oxygen atoms in total. The van der Waals surface area contributed by atoms with Gasteiger partial charge >= 0.3 is 23.9 Å². The van der Waals surface area contributed by atoms with Gasteiger partial charge in [-0.3, -0.25) is 14.4 Å². The number of benzene rings is 1. The molecule has 2 fully saturated rings. The van der Waals surface area contributed by atoms with E-state index in [1.165, 1.54) is 13.2 Å². The smallest absolute Gasteiger partial charge is 0.330 e. The van der Waals surface area contributed by atoms with Gasteiger partial charge in [-0.2, -0.15) is 0 Å². The maximum Gasteiger partial charge on any atom is 0.330 e. The minimum Gasteiger partial charge on any atom is -0.466 e. The molecule has 9 atom stereocenters. The maximum atomic E-state index is 13.6. The third-order valence-electron chi connectivity index (χ3n) is 11.6. The molecule has 0 aliphatic carbocycles. The van der Waals surface area contributed by atoms with Gasteiger partial charge in [-0.1, -0.05) is 104 Å². The normalized spacial score (nSPS) is 30.9. The van der Waals surface area contributed by atoms with Crippen molar-refractivity contribution in [1.29, 1.82) is 0 Å². The average molecular weight is 859 g/mol. The SMILES string of the molecule is CCCCCCCC(=O)O[C@H]1/C(=C/C(=O)OC)C[C@H]2CC([C@@H](C)OCc3ccccc3)OC(=O)C[C@H](O)CC(=O)O[C@H](C(C)(C)C)C[C@@H]3CCO[C@H](/C=C/C(C)(C)[C@]1(O)O2)O3. The zero-order chi connectivity index (χ0) is 44.8. The molecule has 2 N–H and O–H groups in total. The van der Waals surface area contributed by atoms with Crippen LogP contribution in [0.5, 0.6) is 0 Å². The molecule has 3 aliphatic rings. The number of carbonyl (C=O) groups excluding carboxylic acids is 4. The standard InChI is InChI=1S/C47H70O14/c1-9-10-11-12-16-19-39(49)60-44-33(25-40(50)54-8)24-36-28-37(31(2)56-30-32-17-14-13-15-18-32)58-41(51)26-34(48)27-42(52)59-38(45(3,4)5)29-35-21-23-55-43(57-35)20-22-46(6,7)47(44,53)61-36/h13-15,17-18,20,22,25,31,34-38,43-44,48,53H,9-12,16,19,21,23-24,26-30H2,1-8H3/b22-20+,33-25+/t31-,34+,35+,36+,37?,38+,43+,44+,47-/m1/s1. The summed E-state index contributed by atoms with van der Waals surface area (Å²) in [5.41, 5.74) is -0.737. The van der Waals surface area contributed by atoms with Crippen molar-refractivity contribution in [2.24, 2.45) is 10.8 Å². The largest absolute Gasteiger partial charge is 0.466 e. The highest BCUT2D eigenvalue weighted by molar-refractivity contribution is 5.83. The van der Waals surface area contributed by atoms with Crippen molar-refractivity contribution in [3.8, 4) is 0 Å². The van der Waals surface area contributed by atoms with Crippen molar-refractivity contribution in [3.63, 3.8) is 0 Å². The Kier molecular flexibility index (Phi) is 19.0. The van der Waals surface area contributed by atoms with Crippen LogP contribution >= 0.6 is 0 Å². The van der Waals surface area contributed by atoms with Crippen molar-refractivity contribution >= 4 is 23.9 Å². The third kappa shape index (κ3) is 15.3. The quantitative estimate of drug-likeness (QED) is 0.0724. The van der Waals surface area contributed by atoms with Gasteiger partial charge in [-0.15, -0.1) is 0 Å². The molecule has 1 aromatic rings. The van der Waals surface area contributed by atoms with E-state index in [0.29, 0.717) is 25.9 Å². The van der Waals surface area contributed by atoms with Crippen LogP contribution in [-0.2, 0) is 63.7 Å². The molecule has 342 valence electrons. The summed E-state index contributed by atoms with van der Waals surface area (Å²) in [7, 11) is 1.22. The Morgan fingerprint density at radius 2 is 1.66 bits per heavy atom. The van der Waals surface area contributed by atoms with E-state index in [4.69, 9.17) is 37.9 Å². The summed E-state index contributed by atoms with van der Waals surface area (Å²) in [6, 6.07) is 9.43. The van der Waals surface area contributed by atoms with Gasteiger partial charge < -0.3 is 48.1 Å². The van der Waals surface area contributed by atoms with Crippen molar-refractivity contribution in [2.75, 3.05) is 13.7 Å². The monoisotopic (exact) mass is 858 g/mol. The van der Waals surface area contributed by atoms with Crippen LogP contribution in [0.2, 0.25) is 0 Å². The van der Waals surface area contributed by atoms with Gasteiger partial charge in [0.05, 0.1) is 57.6 Å². The topological polar surface area (TPSA) is 183 Å².